The molecule has 0 rings (SSSR count). The first-order chi connectivity index (χ1) is 4.63. The summed E-state index contributed by atoms with van der Waals surface area (Å²) in [6.07, 6.45) is 0. The van der Waals surface area contributed by atoms with Gasteiger partial charge in [-0.2, -0.15) is 0 Å². The third kappa shape index (κ3) is 16.1. The number of rotatable bonds is 3. The van der Waals surface area contributed by atoms with Crippen LogP contribution in [0.15, 0.2) is 0 Å². The van der Waals surface area contributed by atoms with E-state index in [0.717, 1.165) is 10.5 Å². The molecule has 0 amide bonds. The molecule has 0 saturated carbocycles. The molecule has 0 aliphatic rings. The van der Waals surface area contributed by atoms with Gasteiger partial charge in [0.05, 0.1) is 0 Å². The SMILES string of the molecule is CC(C)SSC(C)C.[O]=[Mo]. The Bertz CT molecular complexity index is 60.8. The first-order valence-corrected chi connectivity index (χ1v) is 6.21. The summed E-state index contributed by atoms with van der Waals surface area (Å²) >= 11 is 0.700. The van der Waals surface area contributed by atoms with Gasteiger partial charge in [0.15, 0.2) is 0 Å². The van der Waals surface area contributed by atoms with E-state index in [-0.39, 0.29) is 0 Å². The molecule has 0 atom stereocenters. The van der Waals surface area contributed by atoms with E-state index in [1.54, 1.807) is 0 Å². The third-order valence-electron chi connectivity index (χ3n) is 0.440. The van der Waals surface area contributed by atoms with Gasteiger partial charge in [-0.1, -0.05) is 49.3 Å². The maximum atomic E-state index is 8.26. The van der Waals surface area contributed by atoms with Crippen molar-refractivity contribution in [1.29, 1.82) is 0 Å². The van der Waals surface area contributed by atoms with Gasteiger partial charge >= 0.3 is 23.2 Å². The Morgan fingerprint density at radius 2 is 1.10 bits per heavy atom. The summed E-state index contributed by atoms with van der Waals surface area (Å²) in [6, 6.07) is 0. The van der Waals surface area contributed by atoms with Crippen molar-refractivity contribution >= 4 is 21.6 Å². The van der Waals surface area contributed by atoms with Gasteiger partial charge in [0.25, 0.3) is 0 Å². The molecular formula is C6H14MoOS2. The Labute approximate surface area is 82.7 Å². The van der Waals surface area contributed by atoms with E-state index in [0.29, 0.717) is 19.8 Å². The Hall–Kier alpha value is 1.19. The van der Waals surface area contributed by atoms with E-state index < -0.39 is 0 Å². The maximum absolute atomic E-state index is 8.26. The van der Waals surface area contributed by atoms with Crippen molar-refractivity contribution in [2.75, 3.05) is 0 Å². The molecule has 0 aromatic heterocycles. The van der Waals surface area contributed by atoms with Crippen molar-refractivity contribution in [3.05, 3.63) is 0 Å². The predicted molar refractivity (Wildman–Crippen MR) is 46.1 cm³/mol. The van der Waals surface area contributed by atoms with Crippen molar-refractivity contribution in [1.82, 2.24) is 0 Å². The van der Waals surface area contributed by atoms with Gasteiger partial charge in [0, 0.05) is 10.5 Å². The first-order valence-electron chi connectivity index (χ1n) is 3.11. The van der Waals surface area contributed by atoms with Crippen LogP contribution in [-0.4, -0.2) is 10.5 Å². The van der Waals surface area contributed by atoms with Crippen LogP contribution in [0.3, 0.4) is 0 Å². The molecule has 0 saturated heterocycles. The van der Waals surface area contributed by atoms with Crippen molar-refractivity contribution in [2.45, 2.75) is 38.2 Å². The van der Waals surface area contributed by atoms with Crippen LogP contribution in [0.25, 0.3) is 0 Å². The Kier molecular flexibility index (Phi) is 14.0. The van der Waals surface area contributed by atoms with E-state index in [9.17, 15) is 0 Å². The molecule has 0 aliphatic carbocycles. The fourth-order valence-electron chi connectivity index (χ4n) is 0.222. The van der Waals surface area contributed by atoms with Crippen LogP contribution in [0, 0.1) is 0 Å². The molecular weight excluding hydrogens is 248 g/mol. The third-order valence-corrected chi connectivity index (χ3v) is 3.96. The van der Waals surface area contributed by atoms with E-state index in [4.69, 9.17) is 3.40 Å². The minimum atomic E-state index is 0.700. The Morgan fingerprint density at radius 1 is 0.900 bits per heavy atom. The van der Waals surface area contributed by atoms with Crippen LogP contribution in [0.5, 0.6) is 0 Å². The molecule has 10 heavy (non-hydrogen) atoms. The van der Waals surface area contributed by atoms with Gasteiger partial charge in [-0.3, -0.25) is 0 Å². The average molecular weight is 262 g/mol. The summed E-state index contributed by atoms with van der Waals surface area (Å²) in [5.74, 6) is 0. The van der Waals surface area contributed by atoms with Crippen molar-refractivity contribution in [2.24, 2.45) is 0 Å². The van der Waals surface area contributed by atoms with Crippen molar-refractivity contribution in [3.8, 4) is 0 Å². The zero-order chi connectivity index (χ0) is 8.57. The Balaban J connectivity index is 0. The Morgan fingerprint density at radius 3 is 1.20 bits per heavy atom. The predicted octanol–water partition coefficient (Wildman–Crippen LogP) is 3.06. The molecule has 0 aromatic carbocycles. The summed E-state index contributed by atoms with van der Waals surface area (Å²) in [4.78, 5) is 0. The monoisotopic (exact) mass is 264 g/mol. The van der Waals surface area contributed by atoms with Gasteiger partial charge in [0.1, 0.15) is 0 Å². The molecule has 0 heterocycles. The molecule has 0 unspecified atom stereocenters. The molecule has 4 heteroatoms. The van der Waals surface area contributed by atoms with Crippen LogP contribution in [-0.2, 0) is 23.2 Å². The van der Waals surface area contributed by atoms with Crippen molar-refractivity contribution in [3.63, 3.8) is 0 Å². The van der Waals surface area contributed by atoms with Gasteiger partial charge in [-0.25, -0.2) is 0 Å². The first kappa shape index (κ1) is 13.8. The van der Waals surface area contributed by atoms with Gasteiger partial charge < -0.3 is 0 Å². The second kappa shape index (κ2) is 10.2. The molecule has 0 spiro atoms. The van der Waals surface area contributed by atoms with Gasteiger partial charge in [0.2, 0.25) is 0 Å². The number of hydrogen-bond acceptors (Lipinski definition) is 3. The van der Waals surface area contributed by atoms with Crippen LogP contribution < -0.4 is 0 Å². The zero-order valence-corrected chi connectivity index (χ0v) is 10.4. The summed E-state index contributed by atoms with van der Waals surface area (Å²) in [6.45, 7) is 8.89. The van der Waals surface area contributed by atoms with Crippen molar-refractivity contribution < 1.29 is 23.2 Å². The second-order valence-electron chi connectivity index (χ2n) is 2.29. The van der Waals surface area contributed by atoms with Gasteiger partial charge in [-0.15, -0.1) is 0 Å². The molecule has 0 bridgehead atoms. The quantitative estimate of drug-likeness (QED) is 0.575. The van der Waals surface area contributed by atoms with E-state index in [1.807, 2.05) is 21.6 Å². The van der Waals surface area contributed by atoms with Crippen LogP contribution in [0.4, 0.5) is 0 Å². The molecule has 0 N–H and O–H groups in total. The number of hydrogen-bond donors (Lipinski definition) is 0. The standard InChI is InChI=1S/C6H14S2.Mo.O/c1-5(2)7-8-6(3)4;;/h5-6H,1-4H3;;. The van der Waals surface area contributed by atoms with Crippen LogP contribution >= 0.6 is 21.6 Å². The normalized spacial score (nSPS) is 9.40. The minimum absolute atomic E-state index is 0.700. The molecule has 0 radical (unpaired) electrons. The fraction of sp³-hybridized carbons (Fsp3) is 1.00. The van der Waals surface area contributed by atoms with E-state index >= 15 is 0 Å². The van der Waals surface area contributed by atoms with Gasteiger partial charge in [-0.05, 0) is 0 Å². The molecule has 0 aromatic rings. The summed E-state index contributed by atoms with van der Waals surface area (Å²) < 4.78 is 8.26. The topological polar surface area (TPSA) is 17.1 Å². The summed E-state index contributed by atoms with van der Waals surface area (Å²) in [5.41, 5.74) is 0. The van der Waals surface area contributed by atoms with E-state index in [2.05, 4.69) is 27.7 Å². The second-order valence-corrected chi connectivity index (χ2v) is 5.72. The van der Waals surface area contributed by atoms with Crippen LogP contribution in [0.2, 0.25) is 0 Å². The van der Waals surface area contributed by atoms with Crippen LogP contribution in [0.1, 0.15) is 27.7 Å². The molecule has 0 aliphatic heterocycles. The zero-order valence-electron chi connectivity index (χ0n) is 6.79. The molecule has 1 nitrogen and oxygen atoms in total. The fourth-order valence-corrected chi connectivity index (χ4v) is 2.00. The molecule has 62 valence electrons. The van der Waals surface area contributed by atoms with E-state index in [1.165, 1.54) is 0 Å². The average Bonchev–Trinajstić information content (AvgIpc) is 1.89. The summed E-state index contributed by atoms with van der Waals surface area (Å²) in [7, 11) is 3.91. The summed E-state index contributed by atoms with van der Waals surface area (Å²) in [5, 5.41) is 1.53. The molecule has 0 fully saturated rings.